The van der Waals surface area contributed by atoms with Crippen LogP contribution >= 0.6 is 0 Å². The zero-order chi connectivity index (χ0) is 38.7. The smallest absolute Gasteiger partial charge is 0.0318 e. The van der Waals surface area contributed by atoms with E-state index in [2.05, 4.69) is 41.5 Å². The van der Waals surface area contributed by atoms with Crippen molar-refractivity contribution in [2.24, 2.45) is 111 Å². The zero-order valence-electron chi connectivity index (χ0n) is 38.7. The van der Waals surface area contributed by atoms with E-state index in [9.17, 15) is 0 Å². The van der Waals surface area contributed by atoms with Crippen LogP contribution in [0.25, 0.3) is 0 Å². The molecule has 18 saturated carbocycles. The third-order valence-electron chi connectivity index (χ3n) is 22.1. The van der Waals surface area contributed by atoms with Crippen molar-refractivity contribution in [1.82, 2.24) is 0 Å². The molecule has 4 unspecified atom stereocenters. The molecule has 0 N–H and O–H groups in total. The van der Waals surface area contributed by atoms with Crippen molar-refractivity contribution < 1.29 is 0 Å². The monoisotopic (exact) mass is 769 g/mol. The van der Waals surface area contributed by atoms with Crippen molar-refractivity contribution in [2.45, 2.75) is 241 Å². The second kappa shape index (κ2) is 17.0. The van der Waals surface area contributed by atoms with Crippen molar-refractivity contribution in [2.75, 3.05) is 0 Å². The summed E-state index contributed by atoms with van der Waals surface area (Å²) in [5.41, 5.74) is 2.40. The molecule has 0 aliphatic heterocycles. The predicted molar refractivity (Wildman–Crippen MR) is 240 cm³/mol. The highest BCUT2D eigenvalue weighted by Gasteiger charge is 2.49. The fourth-order valence-corrected chi connectivity index (χ4v) is 19.0. The molecule has 0 aromatic rings. The lowest BCUT2D eigenvalue weighted by molar-refractivity contribution is -0.0411. The Morgan fingerprint density at radius 2 is 0.661 bits per heavy atom. The van der Waals surface area contributed by atoms with Gasteiger partial charge in [0.25, 0.3) is 0 Å². The van der Waals surface area contributed by atoms with Crippen LogP contribution in [-0.4, -0.2) is 0 Å². The largest absolute Gasteiger partial charge is 0.0622 e. The number of hydrogen-bond donors (Lipinski definition) is 0. The Morgan fingerprint density at radius 3 is 0.929 bits per heavy atom. The Kier molecular flexibility index (Phi) is 12.6. The van der Waals surface area contributed by atoms with E-state index >= 15 is 0 Å². The molecule has 0 aromatic carbocycles. The first-order chi connectivity index (χ1) is 26.9. The van der Waals surface area contributed by atoms with E-state index in [1.54, 1.807) is 135 Å². The van der Waals surface area contributed by atoms with Crippen LogP contribution in [0.4, 0.5) is 0 Å². The van der Waals surface area contributed by atoms with Gasteiger partial charge in [0.1, 0.15) is 0 Å². The van der Waals surface area contributed by atoms with Crippen molar-refractivity contribution in [3.8, 4) is 0 Å². The second-order valence-corrected chi connectivity index (χ2v) is 26.9. The third kappa shape index (κ3) is 9.71. The van der Waals surface area contributed by atoms with E-state index in [1.807, 2.05) is 0 Å². The van der Waals surface area contributed by atoms with Crippen LogP contribution in [0, 0.1) is 111 Å². The highest BCUT2D eigenvalue weighted by Crippen LogP contribution is 2.60. The fourth-order valence-electron chi connectivity index (χ4n) is 19.0. The van der Waals surface area contributed by atoms with Crippen LogP contribution in [-0.2, 0) is 0 Å². The summed E-state index contributed by atoms with van der Waals surface area (Å²) in [4.78, 5) is 0. The average molecular weight is 769 g/mol. The zero-order valence-corrected chi connectivity index (χ0v) is 38.7. The molecule has 18 fully saturated rings. The van der Waals surface area contributed by atoms with Crippen molar-refractivity contribution in [3.63, 3.8) is 0 Å². The summed E-state index contributed by atoms with van der Waals surface area (Å²) in [6.45, 7) is 14.8. The standard InChI is InChI=1S/2C11H18.2C9H16.2C8H14/c1-11-5-8-2-9(6-11)4-10(3-8)7-11;1-7-10-3-8-2-9(5-10)6-11(7)4-8;1-9-5-2-8(3-6-9)4-7-9;1-7-6-8-2-4-9(7)5-3-8;1-8-4-2-7(6-8)3-5-8;1-6-4-7-2-3-8(6)5-7/h8-10H,2-7H2,1H3;7-11H,2-6H2,1H3;8H,2-7H2,1H3;7-9H,2-6H2,1H3;7H,2-6H2,1H3;6-8H,2-5H2,1H3. The van der Waals surface area contributed by atoms with Gasteiger partial charge in [0.2, 0.25) is 0 Å². The van der Waals surface area contributed by atoms with Gasteiger partial charge in [-0.25, -0.2) is 0 Å². The van der Waals surface area contributed by atoms with Gasteiger partial charge < -0.3 is 0 Å². The van der Waals surface area contributed by atoms with Crippen LogP contribution < -0.4 is 0 Å². The van der Waals surface area contributed by atoms with Crippen LogP contribution in [0.3, 0.4) is 0 Å². The Labute approximate surface area is 350 Å². The number of rotatable bonds is 0. The van der Waals surface area contributed by atoms with E-state index in [1.165, 1.54) is 64.2 Å². The van der Waals surface area contributed by atoms with Gasteiger partial charge >= 0.3 is 0 Å². The summed E-state index contributed by atoms with van der Waals surface area (Å²) in [6.07, 6.45) is 48.3. The van der Waals surface area contributed by atoms with Crippen LogP contribution in [0.2, 0.25) is 0 Å². The molecule has 18 aliphatic rings. The minimum Gasteiger partial charge on any atom is -0.0622 e. The average Bonchev–Trinajstić information content (AvgIpc) is 3.97. The minimum atomic E-state index is 0.786. The van der Waals surface area contributed by atoms with E-state index in [0.29, 0.717) is 0 Å². The molecule has 0 spiro atoms. The van der Waals surface area contributed by atoms with Crippen LogP contribution in [0.5, 0.6) is 0 Å². The number of hydrogen-bond acceptors (Lipinski definition) is 0. The molecule has 0 heteroatoms. The normalized spacial score (nSPS) is 54.8. The Morgan fingerprint density at radius 1 is 0.268 bits per heavy atom. The van der Waals surface area contributed by atoms with Gasteiger partial charge in [-0.3, -0.25) is 0 Å². The van der Waals surface area contributed by atoms with Gasteiger partial charge in [-0.2, -0.15) is 0 Å². The lowest BCUT2D eigenvalue weighted by Gasteiger charge is -2.55. The molecule has 0 aromatic heterocycles. The molecular formula is C56H96. The Bertz CT molecular complexity index is 1170. The van der Waals surface area contributed by atoms with Gasteiger partial charge in [-0.1, -0.05) is 60.8 Å². The molecule has 0 radical (unpaired) electrons. The van der Waals surface area contributed by atoms with Crippen molar-refractivity contribution >= 4 is 0 Å². The quantitative estimate of drug-likeness (QED) is 0.230. The minimum absolute atomic E-state index is 0.786. The molecule has 16 bridgehead atoms. The summed E-state index contributed by atoms with van der Waals surface area (Å²) < 4.78 is 0. The lowest BCUT2D eigenvalue weighted by atomic mass is 9.50. The molecule has 56 heavy (non-hydrogen) atoms. The Hall–Kier alpha value is 0. The predicted octanol–water partition coefficient (Wildman–Crippen LogP) is 17.1. The number of fused-ring (bicyclic) bond motifs is 10. The molecule has 4 atom stereocenters. The summed E-state index contributed by atoms with van der Waals surface area (Å²) >= 11 is 0. The maximum atomic E-state index is 2.54. The highest BCUT2D eigenvalue weighted by atomic mass is 14.5. The van der Waals surface area contributed by atoms with Crippen molar-refractivity contribution in [1.29, 1.82) is 0 Å². The summed E-state index contributed by atoms with van der Waals surface area (Å²) in [5, 5.41) is 0. The molecule has 18 aliphatic carbocycles. The Balaban J connectivity index is 0.0000000882. The fraction of sp³-hybridized carbons (Fsp3) is 1.00. The van der Waals surface area contributed by atoms with Crippen molar-refractivity contribution in [3.05, 3.63) is 0 Å². The summed E-state index contributed by atoms with van der Waals surface area (Å²) in [6, 6.07) is 0. The van der Waals surface area contributed by atoms with E-state index in [-0.39, 0.29) is 0 Å². The second-order valence-electron chi connectivity index (χ2n) is 26.9. The molecule has 18 rings (SSSR count). The van der Waals surface area contributed by atoms with Gasteiger partial charge in [0, 0.05) is 0 Å². The van der Waals surface area contributed by atoms with Crippen LogP contribution in [0.15, 0.2) is 0 Å². The first kappa shape index (κ1) is 41.4. The molecular weight excluding hydrogens is 673 g/mol. The molecule has 0 amide bonds. The van der Waals surface area contributed by atoms with Crippen LogP contribution in [0.1, 0.15) is 241 Å². The van der Waals surface area contributed by atoms with Gasteiger partial charge in [-0.05, 0) is 291 Å². The maximum Gasteiger partial charge on any atom is -0.0318 e. The molecule has 320 valence electrons. The van der Waals surface area contributed by atoms with E-state index in [4.69, 9.17) is 0 Å². The molecule has 0 nitrogen and oxygen atoms in total. The SMILES string of the molecule is CC12CC3CC(CC(C3)C1)C2.CC12CCC(CC1)C2.CC12CCC(CC1)CC2.CC1C2CC3CC(C2)CC1C3.CC1CC2CCC1C2.CC1CC2CCC1CC2. The maximum absolute atomic E-state index is 2.54. The first-order valence-corrected chi connectivity index (χ1v) is 26.9. The van der Waals surface area contributed by atoms with E-state index in [0.717, 1.165) is 111 Å². The van der Waals surface area contributed by atoms with Gasteiger partial charge in [0.05, 0.1) is 0 Å². The highest BCUT2D eigenvalue weighted by molar-refractivity contribution is 5.00. The van der Waals surface area contributed by atoms with E-state index < -0.39 is 0 Å². The lowest BCUT2D eigenvalue weighted by Crippen LogP contribution is -2.44. The molecule has 0 saturated heterocycles. The molecule has 0 heterocycles. The summed E-state index contributed by atoms with van der Waals surface area (Å²) in [7, 11) is 0. The van der Waals surface area contributed by atoms with Gasteiger partial charge in [0.15, 0.2) is 0 Å². The summed E-state index contributed by atoms with van der Waals surface area (Å²) in [5.74, 6) is 18.1. The topological polar surface area (TPSA) is 0 Å². The third-order valence-corrected chi connectivity index (χ3v) is 22.1. The first-order valence-electron chi connectivity index (χ1n) is 26.9. The van der Waals surface area contributed by atoms with Gasteiger partial charge in [-0.15, -0.1) is 0 Å².